The van der Waals surface area contributed by atoms with Crippen LogP contribution in [0.15, 0.2) is 11.6 Å². The van der Waals surface area contributed by atoms with E-state index in [9.17, 15) is 0 Å². The maximum atomic E-state index is 8.50. The van der Waals surface area contributed by atoms with Gasteiger partial charge in [-0.1, -0.05) is 19.4 Å². The van der Waals surface area contributed by atoms with E-state index >= 15 is 0 Å². The van der Waals surface area contributed by atoms with Crippen LogP contribution in [0.5, 0.6) is 0 Å². The zero-order chi connectivity index (χ0) is 8.27. The molecule has 0 heterocycles. The quantitative estimate of drug-likeness (QED) is 0.486. The fourth-order valence-corrected chi connectivity index (χ4v) is 1.76. The Morgan fingerprint density at radius 1 is 1.55 bits per heavy atom. The number of hydrogen-bond donors (Lipinski definition) is 0. The second-order valence-corrected chi connectivity index (χ2v) is 3.51. The predicted octanol–water partition coefficient (Wildman–Crippen LogP) is 2.89. The molecule has 0 amide bonds. The highest BCUT2D eigenvalue weighted by Crippen LogP contribution is 2.33. The van der Waals surface area contributed by atoms with Gasteiger partial charge in [0.15, 0.2) is 0 Å². The molecule has 1 rings (SSSR count). The summed E-state index contributed by atoms with van der Waals surface area (Å²) >= 11 is 0. The minimum atomic E-state index is 0.628. The smallest absolute Gasteiger partial charge is 0.0911 e. The Balaban J connectivity index is 2.67. The third kappa shape index (κ3) is 1.83. The van der Waals surface area contributed by atoms with Crippen LogP contribution in [0.3, 0.4) is 0 Å². The van der Waals surface area contributed by atoms with Gasteiger partial charge in [0.05, 0.1) is 6.07 Å². The fourth-order valence-electron chi connectivity index (χ4n) is 1.76. The lowest BCUT2D eigenvalue weighted by Gasteiger charge is -2.27. The minimum Gasteiger partial charge on any atom is -0.193 e. The Hall–Kier alpha value is -0.770. The van der Waals surface area contributed by atoms with Crippen LogP contribution in [0.4, 0.5) is 0 Å². The maximum absolute atomic E-state index is 8.50. The van der Waals surface area contributed by atoms with Crippen LogP contribution < -0.4 is 0 Å². The first-order valence-corrected chi connectivity index (χ1v) is 4.34. The van der Waals surface area contributed by atoms with Crippen LogP contribution >= 0.6 is 0 Å². The summed E-state index contributed by atoms with van der Waals surface area (Å²) in [7, 11) is 0. The Labute approximate surface area is 68.7 Å². The summed E-state index contributed by atoms with van der Waals surface area (Å²) in [6.07, 6.45) is 5.46. The monoisotopic (exact) mass is 149 g/mol. The highest BCUT2D eigenvalue weighted by atomic mass is 14.3. The lowest BCUT2D eigenvalue weighted by molar-refractivity contribution is 0.350. The molecule has 0 saturated heterocycles. The standard InChI is InChI=1S/C10H15N/c1-8-4-3-5-10(6-7-11)9(8)2/h6,8-9H,3-5H2,1-2H3/b10-6+. The second kappa shape index (κ2) is 3.57. The molecule has 0 bridgehead atoms. The molecule has 0 aromatic rings. The molecule has 0 aromatic heterocycles. The number of nitrogens with zero attached hydrogens (tertiary/aromatic N) is 1. The summed E-state index contributed by atoms with van der Waals surface area (Å²) in [6.45, 7) is 4.50. The molecule has 0 aliphatic heterocycles. The normalized spacial score (nSPS) is 35.2. The Kier molecular flexibility index (Phi) is 2.70. The number of nitriles is 1. The lowest BCUT2D eigenvalue weighted by Crippen LogP contribution is -2.15. The number of allylic oxidation sites excluding steroid dienone is 2. The molecule has 1 saturated carbocycles. The lowest BCUT2D eigenvalue weighted by atomic mass is 9.78. The van der Waals surface area contributed by atoms with Crippen molar-refractivity contribution in [2.75, 3.05) is 0 Å². The molecule has 2 atom stereocenters. The first kappa shape index (κ1) is 8.33. The first-order chi connectivity index (χ1) is 5.25. The van der Waals surface area contributed by atoms with Gasteiger partial charge in [-0.2, -0.15) is 5.26 Å². The zero-order valence-electron chi connectivity index (χ0n) is 7.30. The van der Waals surface area contributed by atoms with Crippen molar-refractivity contribution in [3.8, 4) is 6.07 Å². The van der Waals surface area contributed by atoms with Gasteiger partial charge in [0.2, 0.25) is 0 Å². The van der Waals surface area contributed by atoms with Gasteiger partial charge in [0, 0.05) is 6.08 Å². The molecule has 0 spiro atoms. The van der Waals surface area contributed by atoms with Gasteiger partial charge in [-0.05, 0) is 31.1 Å². The van der Waals surface area contributed by atoms with Crippen molar-refractivity contribution in [1.29, 1.82) is 5.26 Å². The van der Waals surface area contributed by atoms with E-state index in [4.69, 9.17) is 5.26 Å². The number of hydrogen-bond acceptors (Lipinski definition) is 1. The second-order valence-electron chi connectivity index (χ2n) is 3.51. The molecule has 60 valence electrons. The molecule has 1 nitrogen and oxygen atoms in total. The summed E-state index contributed by atoms with van der Waals surface area (Å²) in [4.78, 5) is 0. The Bertz CT molecular complexity index is 197. The van der Waals surface area contributed by atoms with Gasteiger partial charge in [-0.25, -0.2) is 0 Å². The van der Waals surface area contributed by atoms with Gasteiger partial charge in [-0.3, -0.25) is 0 Å². The summed E-state index contributed by atoms with van der Waals surface area (Å²) in [5.74, 6) is 1.40. The molecular formula is C10H15N. The van der Waals surface area contributed by atoms with Crippen molar-refractivity contribution in [2.24, 2.45) is 11.8 Å². The largest absolute Gasteiger partial charge is 0.193 e. The SMILES string of the molecule is CC1CCC/C(=C\C#N)C1C. The van der Waals surface area contributed by atoms with Crippen LogP contribution in [-0.2, 0) is 0 Å². The van der Waals surface area contributed by atoms with Gasteiger partial charge >= 0.3 is 0 Å². The van der Waals surface area contributed by atoms with Crippen LogP contribution in [0, 0.1) is 23.2 Å². The number of rotatable bonds is 0. The molecule has 0 radical (unpaired) electrons. The Morgan fingerprint density at radius 2 is 2.27 bits per heavy atom. The summed E-state index contributed by atoms with van der Waals surface area (Å²) < 4.78 is 0. The van der Waals surface area contributed by atoms with E-state index in [1.54, 1.807) is 6.08 Å². The van der Waals surface area contributed by atoms with Gasteiger partial charge in [-0.15, -0.1) is 0 Å². The van der Waals surface area contributed by atoms with E-state index in [0.717, 1.165) is 12.3 Å². The molecule has 0 N–H and O–H groups in total. The third-order valence-electron chi connectivity index (χ3n) is 2.81. The van der Waals surface area contributed by atoms with Crippen molar-refractivity contribution in [2.45, 2.75) is 33.1 Å². The fraction of sp³-hybridized carbons (Fsp3) is 0.700. The van der Waals surface area contributed by atoms with Gasteiger partial charge < -0.3 is 0 Å². The molecule has 1 fully saturated rings. The Morgan fingerprint density at radius 3 is 2.91 bits per heavy atom. The topological polar surface area (TPSA) is 23.8 Å². The average molecular weight is 149 g/mol. The van der Waals surface area contributed by atoms with Crippen molar-refractivity contribution in [3.05, 3.63) is 11.6 Å². The molecule has 0 aromatic carbocycles. The predicted molar refractivity (Wildman–Crippen MR) is 45.9 cm³/mol. The van der Waals surface area contributed by atoms with E-state index in [-0.39, 0.29) is 0 Å². The summed E-state index contributed by atoms with van der Waals surface area (Å²) in [5, 5.41) is 8.50. The average Bonchev–Trinajstić information content (AvgIpc) is 1.99. The van der Waals surface area contributed by atoms with E-state index < -0.39 is 0 Å². The first-order valence-electron chi connectivity index (χ1n) is 4.34. The van der Waals surface area contributed by atoms with Gasteiger partial charge in [0.25, 0.3) is 0 Å². The van der Waals surface area contributed by atoms with Crippen LogP contribution in [-0.4, -0.2) is 0 Å². The molecular weight excluding hydrogens is 134 g/mol. The van der Waals surface area contributed by atoms with Crippen molar-refractivity contribution in [1.82, 2.24) is 0 Å². The summed E-state index contributed by atoms with van der Waals surface area (Å²) in [5.41, 5.74) is 1.35. The van der Waals surface area contributed by atoms with Crippen molar-refractivity contribution >= 4 is 0 Å². The van der Waals surface area contributed by atoms with E-state index in [2.05, 4.69) is 19.9 Å². The molecule has 1 aliphatic rings. The van der Waals surface area contributed by atoms with Gasteiger partial charge in [0.1, 0.15) is 0 Å². The van der Waals surface area contributed by atoms with Crippen LogP contribution in [0.1, 0.15) is 33.1 Å². The van der Waals surface area contributed by atoms with E-state index in [0.29, 0.717) is 5.92 Å². The summed E-state index contributed by atoms with van der Waals surface area (Å²) in [6, 6.07) is 2.13. The van der Waals surface area contributed by atoms with Crippen molar-refractivity contribution in [3.63, 3.8) is 0 Å². The molecule has 11 heavy (non-hydrogen) atoms. The molecule has 1 aliphatic carbocycles. The van der Waals surface area contributed by atoms with E-state index in [1.807, 2.05) is 0 Å². The zero-order valence-corrected chi connectivity index (χ0v) is 7.30. The van der Waals surface area contributed by atoms with Crippen LogP contribution in [0.25, 0.3) is 0 Å². The van der Waals surface area contributed by atoms with Crippen LogP contribution in [0.2, 0.25) is 0 Å². The third-order valence-corrected chi connectivity index (χ3v) is 2.81. The molecule has 1 heteroatoms. The van der Waals surface area contributed by atoms with E-state index in [1.165, 1.54) is 18.4 Å². The maximum Gasteiger partial charge on any atom is 0.0911 e. The molecule has 2 unspecified atom stereocenters. The highest BCUT2D eigenvalue weighted by molar-refractivity contribution is 5.17. The minimum absolute atomic E-state index is 0.628. The highest BCUT2D eigenvalue weighted by Gasteiger charge is 2.20. The van der Waals surface area contributed by atoms with Crippen molar-refractivity contribution < 1.29 is 0 Å².